The molecule has 29 heavy (non-hydrogen) atoms. The van der Waals surface area contributed by atoms with Crippen LogP contribution in [0, 0.1) is 11.8 Å². The van der Waals surface area contributed by atoms with Gasteiger partial charge in [-0.05, 0) is 37.5 Å². The zero-order valence-corrected chi connectivity index (χ0v) is 18.1. The van der Waals surface area contributed by atoms with Crippen LogP contribution in [-0.4, -0.2) is 34.4 Å². The van der Waals surface area contributed by atoms with Gasteiger partial charge in [-0.15, -0.1) is 0 Å². The van der Waals surface area contributed by atoms with Gasteiger partial charge < -0.3 is 10.1 Å². The summed E-state index contributed by atoms with van der Waals surface area (Å²) in [5.74, 6) is 7.09. The SMILES string of the molecule is O=C(CC1CSc2nc3c(c(=O)n21)CCC3)NCC#CCOc1cccc(Br)c1. The number of nitrogens with zero attached hydrogens (tertiary/aromatic N) is 2. The summed E-state index contributed by atoms with van der Waals surface area (Å²) in [6.45, 7) is 0.510. The van der Waals surface area contributed by atoms with E-state index in [0.717, 1.165) is 45.9 Å². The Kier molecular flexibility index (Phi) is 6.26. The molecule has 1 unspecified atom stereocenters. The fraction of sp³-hybridized carbons (Fsp3) is 0.381. The standard InChI is InChI=1S/C21H20BrN3O3S/c22-14-5-3-6-16(11-14)28-10-2-1-9-23-19(26)12-15-13-29-21-24-18-8-4-7-17(18)20(27)25(15)21/h3,5-6,11,15H,4,7-10,12-13H2,(H,23,26). The van der Waals surface area contributed by atoms with E-state index >= 15 is 0 Å². The zero-order chi connectivity index (χ0) is 20.2. The monoisotopic (exact) mass is 473 g/mol. The van der Waals surface area contributed by atoms with Gasteiger partial charge in [-0.25, -0.2) is 4.98 Å². The van der Waals surface area contributed by atoms with Crippen LogP contribution >= 0.6 is 27.7 Å². The fourth-order valence-corrected chi connectivity index (χ4v) is 5.05. The van der Waals surface area contributed by atoms with Crippen LogP contribution in [0.3, 0.4) is 0 Å². The van der Waals surface area contributed by atoms with E-state index < -0.39 is 0 Å². The summed E-state index contributed by atoms with van der Waals surface area (Å²) in [6, 6.07) is 7.40. The van der Waals surface area contributed by atoms with Crippen molar-refractivity contribution in [3.05, 3.63) is 50.3 Å². The van der Waals surface area contributed by atoms with E-state index in [1.807, 2.05) is 24.3 Å². The summed E-state index contributed by atoms with van der Waals surface area (Å²) in [4.78, 5) is 29.7. The maximum absolute atomic E-state index is 12.8. The lowest BCUT2D eigenvalue weighted by Gasteiger charge is -2.13. The number of aromatic nitrogens is 2. The third kappa shape index (κ3) is 4.68. The van der Waals surface area contributed by atoms with E-state index in [4.69, 9.17) is 4.74 Å². The van der Waals surface area contributed by atoms with Crippen molar-refractivity contribution < 1.29 is 9.53 Å². The third-order valence-corrected chi connectivity index (χ3v) is 6.49. The van der Waals surface area contributed by atoms with Crippen molar-refractivity contribution in [2.45, 2.75) is 36.9 Å². The van der Waals surface area contributed by atoms with Gasteiger partial charge in [-0.3, -0.25) is 14.2 Å². The molecule has 8 heteroatoms. The van der Waals surface area contributed by atoms with Crippen LogP contribution in [0.5, 0.6) is 5.75 Å². The van der Waals surface area contributed by atoms with Crippen LogP contribution in [0.1, 0.15) is 30.1 Å². The van der Waals surface area contributed by atoms with E-state index in [0.29, 0.717) is 5.75 Å². The number of ether oxygens (including phenoxy) is 1. The van der Waals surface area contributed by atoms with Gasteiger partial charge in [0, 0.05) is 22.2 Å². The van der Waals surface area contributed by atoms with E-state index in [-0.39, 0.29) is 37.1 Å². The second kappa shape index (κ2) is 9.06. The Balaban J connectivity index is 1.26. The molecule has 1 aromatic heterocycles. The van der Waals surface area contributed by atoms with Gasteiger partial charge in [0.05, 0.1) is 18.3 Å². The number of benzene rings is 1. The van der Waals surface area contributed by atoms with Gasteiger partial charge in [0.25, 0.3) is 5.56 Å². The van der Waals surface area contributed by atoms with Gasteiger partial charge in [0.15, 0.2) is 5.16 Å². The largest absolute Gasteiger partial charge is 0.481 e. The summed E-state index contributed by atoms with van der Waals surface area (Å²) in [6.07, 6.45) is 2.92. The first-order chi connectivity index (χ1) is 14.1. The quantitative estimate of drug-likeness (QED) is 0.533. The molecule has 2 heterocycles. The number of carbonyl (C=O) groups is 1. The smallest absolute Gasteiger partial charge is 0.257 e. The molecular weight excluding hydrogens is 454 g/mol. The second-order valence-corrected chi connectivity index (χ2v) is 8.80. The number of aryl methyl sites for hydroxylation is 1. The number of amides is 1. The van der Waals surface area contributed by atoms with Crippen LogP contribution in [0.4, 0.5) is 0 Å². The summed E-state index contributed by atoms with van der Waals surface area (Å²) in [7, 11) is 0. The summed E-state index contributed by atoms with van der Waals surface area (Å²) >= 11 is 4.94. The lowest BCUT2D eigenvalue weighted by Crippen LogP contribution is -2.32. The van der Waals surface area contributed by atoms with Crippen molar-refractivity contribution in [2.24, 2.45) is 0 Å². The second-order valence-electron chi connectivity index (χ2n) is 6.89. The fourth-order valence-electron chi connectivity index (χ4n) is 3.52. The highest BCUT2D eigenvalue weighted by atomic mass is 79.9. The van der Waals surface area contributed by atoms with Crippen LogP contribution < -0.4 is 15.6 Å². The molecule has 1 atom stereocenters. The van der Waals surface area contributed by atoms with E-state index in [1.165, 1.54) is 0 Å². The number of nitrogens with one attached hydrogen (secondary N) is 1. The van der Waals surface area contributed by atoms with E-state index in [9.17, 15) is 9.59 Å². The first-order valence-electron chi connectivity index (χ1n) is 9.49. The molecule has 0 saturated carbocycles. The third-order valence-electron chi connectivity index (χ3n) is 4.90. The Hall–Kier alpha value is -2.24. The molecule has 1 amide bonds. The van der Waals surface area contributed by atoms with Gasteiger partial charge in [-0.2, -0.15) is 0 Å². The van der Waals surface area contributed by atoms with Gasteiger partial charge in [0.1, 0.15) is 12.4 Å². The topological polar surface area (TPSA) is 73.2 Å². The Morgan fingerprint density at radius 3 is 3.14 bits per heavy atom. The molecule has 6 nitrogen and oxygen atoms in total. The highest BCUT2D eigenvalue weighted by Crippen LogP contribution is 2.33. The molecule has 0 radical (unpaired) electrons. The highest BCUT2D eigenvalue weighted by Gasteiger charge is 2.30. The molecule has 0 spiro atoms. The minimum absolute atomic E-state index is 0.0368. The number of rotatable bonds is 5. The average Bonchev–Trinajstić information content (AvgIpc) is 3.32. The van der Waals surface area contributed by atoms with Crippen molar-refractivity contribution in [1.29, 1.82) is 0 Å². The number of halogens is 1. The lowest BCUT2D eigenvalue weighted by atomic mass is 10.2. The number of thioether (sulfide) groups is 1. The maximum atomic E-state index is 12.8. The molecule has 0 fully saturated rings. The van der Waals surface area contributed by atoms with Gasteiger partial charge >= 0.3 is 0 Å². The van der Waals surface area contributed by atoms with E-state index in [2.05, 4.69) is 38.1 Å². The number of fused-ring (bicyclic) bond motifs is 2. The Bertz CT molecular complexity index is 1060. The molecule has 2 aromatic rings. The number of carbonyl (C=O) groups excluding carboxylic acids is 1. The predicted octanol–water partition coefficient (Wildman–Crippen LogP) is 2.73. The van der Waals surface area contributed by atoms with Crippen molar-refractivity contribution >= 4 is 33.6 Å². The van der Waals surface area contributed by atoms with Crippen molar-refractivity contribution in [2.75, 3.05) is 18.9 Å². The zero-order valence-electron chi connectivity index (χ0n) is 15.7. The average molecular weight is 474 g/mol. The molecule has 1 aliphatic carbocycles. The molecule has 2 aliphatic rings. The predicted molar refractivity (Wildman–Crippen MR) is 115 cm³/mol. The van der Waals surface area contributed by atoms with Crippen molar-refractivity contribution in [3.63, 3.8) is 0 Å². The highest BCUT2D eigenvalue weighted by molar-refractivity contribution is 9.10. The van der Waals surface area contributed by atoms with Crippen molar-refractivity contribution in [3.8, 4) is 17.6 Å². The summed E-state index contributed by atoms with van der Waals surface area (Å²) in [5.41, 5.74) is 1.81. The molecule has 0 saturated heterocycles. The van der Waals surface area contributed by atoms with Gasteiger partial charge in [0.2, 0.25) is 5.91 Å². The molecule has 0 bridgehead atoms. The lowest BCUT2D eigenvalue weighted by molar-refractivity contribution is -0.121. The minimum atomic E-state index is -0.145. The maximum Gasteiger partial charge on any atom is 0.257 e. The van der Waals surface area contributed by atoms with Crippen LogP contribution in [0.25, 0.3) is 0 Å². The molecular formula is C21H20BrN3O3S. The minimum Gasteiger partial charge on any atom is -0.481 e. The Morgan fingerprint density at radius 1 is 1.38 bits per heavy atom. The Morgan fingerprint density at radius 2 is 2.28 bits per heavy atom. The first-order valence-corrected chi connectivity index (χ1v) is 11.3. The van der Waals surface area contributed by atoms with Gasteiger partial charge in [-0.1, -0.05) is 45.6 Å². The molecule has 1 aromatic carbocycles. The molecule has 1 aliphatic heterocycles. The number of hydrogen-bond acceptors (Lipinski definition) is 5. The first kappa shape index (κ1) is 20.0. The molecule has 1 N–H and O–H groups in total. The van der Waals surface area contributed by atoms with E-state index in [1.54, 1.807) is 16.3 Å². The summed E-state index contributed by atoms with van der Waals surface area (Å²) < 4.78 is 8.19. The summed E-state index contributed by atoms with van der Waals surface area (Å²) in [5, 5.41) is 3.55. The normalized spacial score (nSPS) is 16.5. The molecule has 150 valence electrons. The van der Waals surface area contributed by atoms with Crippen molar-refractivity contribution in [1.82, 2.24) is 14.9 Å². The molecule has 4 rings (SSSR count). The number of hydrogen-bond donors (Lipinski definition) is 1. The van der Waals surface area contributed by atoms with Crippen LogP contribution in [0.15, 0.2) is 38.7 Å². The van der Waals surface area contributed by atoms with Crippen LogP contribution in [-0.2, 0) is 17.6 Å². The van der Waals surface area contributed by atoms with Crippen LogP contribution in [0.2, 0.25) is 0 Å². The Labute approximate surface area is 181 Å².